The largest absolute Gasteiger partial charge is 0.352 e. The molecule has 0 bridgehead atoms. The van der Waals surface area contributed by atoms with Crippen molar-refractivity contribution in [2.75, 3.05) is 31.1 Å². The molecule has 5 heteroatoms. The van der Waals surface area contributed by atoms with Crippen molar-refractivity contribution < 1.29 is 4.79 Å². The molecule has 0 aromatic heterocycles. The van der Waals surface area contributed by atoms with E-state index in [0.29, 0.717) is 5.84 Å². The van der Waals surface area contributed by atoms with Gasteiger partial charge < -0.3 is 4.90 Å². The second-order valence-corrected chi connectivity index (χ2v) is 4.16. The molecule has 2 rings (SSSR count). The molecule has 70 valence electrons. The number of thioether (sulfide) groups is 1. The molecule has 0 aliphatic carbocycles. The molecule has 0 radical (unpaired) electrons. The average Bonchev–Trinajstić information content (AvgIpc) is 2.20. The zero-order valence-electron chi connectivity index (χ0n) is 7.27. The van der Waals surface area contributed by atoms with Crippen molar-refractivity contribution in [1.82, 2.24) is 4.90 Å². The maximum absolute atomic E-state index is 11.4. The Balaban J connectivity index is 2.09. The highest BCUT2D eigenvalue weighted by atomic mass is 32.2. The molecule has 4 nitrogen and oxygen atoms in total. The summed E-state index contributed by atoms with van der Waals surface area (Å²) < 4.78 is 0. The number of carbonyl (C=O) groups excluding carboxylic acids is 1. The van der Waals surface area contributed by atoms with Crippen molar-refractivity contribution in [2.45, 2.75) is 0 Å². The van der Waals surface area contributed by atoms with E-state index in [9.17, 15) is 4.79 Å². The molecule has 1 saturated heterocycles. The molecule has 0 saturated carbocycles. The van der Waals surface area contributed by atoms with Gasteiger partial charge in [-0.2, -0.15) is 11.8 Å². The van der Waals surface area contributed by atoms with Crippen LogP contribution in [0.1, 0.15) is 0 Å². The number of amidine groups is 1. The van der Waals surface area contributed by atoms with Crippen LogP contribution in [0, 0.1) is 0 Å². The lowest BCUT2D eigenvalue weighted by molar-refractivity contribution is -0.112. The van der Waals surface area contributed by atoms with Gasteiger partial charge in [0.15, 0.2) is 5.84 Å². The lowest BCUT2D eigenvalue weighted by Crippen LogP contribution is -2.43. The zero-order chi connectivity index (χ0) is 9.10. The fourth-order valence-electron chi connectivity index (χ4n) is 1.40. The highest BCUT2D eigenvalue weighted by Gasteiger charge is 2.21. The van der Waals surface area contributed by atoms with E-state index in [-0.39, 0.29) is 12.3 Å². The summed E-state index contributed by atoms with van der Waals surface area (Å²) in [5, 5.41) is 0. The Kier molecular flexibility index (Phi) is 2.63. The highest BCUT2D eigenvalue weighted by Crippen LogP contribution is 2.10. The van der Waals surface area contributed by atoms with Crippen LogP contribution in [-0.4, -0.2) is 54.0 Å². The van der Waals surface area contributed by atoms with Gasteiger partial charge in [0.2, 0.25) is 5.78 Å². The second kappa shape index (κ2) is 3.91. The van der Waals surface area contributed by atoms with E-state index in [2.05, 4.69) is 14.9 Å². The minimum Gasteiger partial charge on any atom is -0.352 e. The summed E-state index contributed by atoms with van der Waals surface area (Å²) >= 11 is 1.92. The second-order valence-electron chi connectivity index (χ2n) is 2.93. The molecule has 0 aromatic rings. The van der Waals surface area contributed by atoms with Gasteiger partial charge in [0.05, 0.1) is 0 Å². The number of ketones is 1. The van der Waals surface area contributed by atoms with E-state index in [1.165, 1.54) is 6.34 Å². The van der Waals surface area contributed by atoms with Crippen molar-refractivity contribution in [3.63, 3.8) is 0 Å². The molecule has 2 aliphatic rings. The van der Waals surface area contributed by atoms with E-state index in [0.717, 1.165) is 24.6 Å². The van der Waals surface area contributed by atoms with Gasteiger partial charge in [-0.1, -0.05) is 0 Å². The van der Waals surface area contributed by atoms with Crippen molar-refractivity contribution in [3.8, 4) is 0 Å². The molecule has 0 spiro atoms. The quantitative estimate of drug-likeness (QED) is 0.551. The molecule has 1 fully saturated rings. The Morgan fingerprint density at radius 1 is 1.38 bits per heavy atom. The van der Waals surface area contributed by atoms with Crippen molar-refractivity contribution in [2.24, 2.45) is 9.98 Å². The van der Waals surface area contributed by atoms with Crippen LogP contribution in [0.15, 0.2) is 9.98 Å². The van der Waals surface area contributed by atoms with Gasteiger partial charge in [0.25, 0.3) is 0 Å². The van der Waals surface area contributed by atoms with Gasteiger partial charge in [-0.25, -0.2) is 4.99 Å². The van der Waals surface area contributed by atoms with Crippen LogP contribution >= 0.6 is 11.8 Å². The maximum Gasteiger partial charge on any atom is 0.219 e. The highest BCUT2D eigenvalue weighted by molar-refractivity contribution is 7.99. The molecule has 2 heterocycles. The van der Waals surface area contributed by atoms with Gasteiger partial charge in [-0.3, -0.25) is 9.79 Å². The van der Waals surface area contributed by atoms with Gasteiger partial charge in [0, 0.05) is 24.6 Å². The fourth-order valence-corrected chi connectivity index (χ4v) is 2.30. The summed E-state index contributed by atoms with van der Waals surface area (Å²) in [6, 6.07) is 0. The van der Waals surface area contributed by atoms with Crippen LogP contribution in [0.2, 0.25) is 0 Å². The van der Waals surface area contributed by atoms with Crippen LogP contribution in [-0.2, 0) is 4.79 Å². The monoisotopic (exact) mass is 197 g/mol. The van der Waals surface area contributed by atoms with Crippen molar-refractivity contribution in [3.05, 3.63) is 0 Å². The normalized spacial score (nSPS) is 23.2. The Morgan fingerprint density at radius 3 is 2.85 bits per heavy atom. The summed E-state index contributed by atoms with van der Waals surface area (Å²) in [4.78, 5) is 21.3. The van der Waals surface area contributed by atoms with Gasteiger partial charge in [0.1, 0.15) is 12.9 Å². The van der Waals surface area contributed by atoms with Gasteiger partial charge >= 0.3 is 0 Å². The first kappa shape index (κ1) is 8.74. The summed E-state index contributed by atoms with van der Waals surface area (Å²) in [5.74, 6) is 2.83. The summed E-state index contributed by atoms with van der Waals surface area (Å²) in [5.41, 5.74) is 0. The minimum absolute atomic E-state index is 0.0504. The number of rotatable bonds is 0. The van der Waals surface area contributed by atoms with Crippen molar-refractivity contribution >= 4 is 29.7 Å². The smallest absolute Gasteiger partial charge is 0.219 e. The summed E-state index contributed by atoms with van der Waals surface area (Å²) in [6.07, 6.45) is 1.48. The maximum atomic E-state index is 11.4. The third kappa shape index (κ3) is 1.91. The number of Topliss-reactive ketones (excluding diaryl/α,β-unsaturated/α-hetero) is 1. The van der Waals surface area contributed by atoms with E-state index < -0.39 is 0 Å². The zero-order valence-corrected chi connectivity index (χ0v) is 8.09. The van der Waals surface area contributed by atoms with Crippen LogP contribution in [0.25, 0.3) is 0 Å². The van der Waals surface area contributed by atoms with Crippen LogP contribution in [0.5, 0.6) is 0 Å². The summed E-state index contributed by atoms with van der Waals surface area (Å²) in [7, 11) is 0. The number of carbonyl (C=O) groups is 1. The van der Waals surface area contributed by atoms with Crippen LogP contribution in [0.3, 0.4) is 0 Å². The lowest BCUT2D eigenvalue weighted by Gasteiger charge is -2.28. The van der Waals surface area contributed by atoms with Gasteiger partial charge in [-0.05, 0) is 0 Å². The molecule has 0 amide bonds. The molecular weight excluding hydrogens is 186 g/mol. The Hall–Kier alpha value is -0.840. The Bertz CT molecular complexity index is 269. The number of hydrogen-bond acceptors (Lipinski definition) is 5. The number of hydrogen-bond donors (Lipinski definition) is 0. The Morgan fingerprint density at radius 2 is 2.15 bits per heavy atom. The molecule has 0 atom stereocenters. The third-order valence-corrected chi connectivity index (χ3v) is 3.00. The van der Waals surface area contributed by atoms with Crippen LogP contribution < -0.4 is 0 Å². The van der Waals surface area contributed by atoms with E-state index >= 15 is 0 Å². The third-order valence-electron chi connectivity index (χ3n) is 2.06. The van der Waals surface area contributed by atoms with E-state index in [4.69, 9.17) is 0 Å². The SMILES string of the molecule is O=C1CN=CN=C1N1CCSCC1. The first-order valence-electron chi connectivity index (χ1n) is 4.30. The molecular formula is C8H11N3OS. The lowest BCUT2D eigenvalue weighted by atomic mass is 10.3. The molecule has 0 N–H and O–H groups in total. The first-order chi connectivity index (χ1) is 6.38. The topological polar surface area (TPSA) is 45.0 Å². The molecule has 13 heavy (non-hydrogen) atoms. The predicted molar refractivity (Wildman–Crippen MR) is 54.7 cm³/mol. The fraction of sp³-hybridized carbons (Fsp3) is 0.625. The number of aliphatic imine (C=N–C) groups is 2. The van der Waals surface area contributed by atoms with E-state index in [1.54, 1.807) is 0 Å². The van der Waals surface area contributed by atoms with Crippen LogP contribution in [0.4, 0.5) is 0 Å². The first-order valence-corrected chi connectivity index (χ1v) is 5.45. The average molecular weight is 197 g/mol. The molecule has 0 unspecified atom stereocenters. The standard InChI is InChI=1S/C8H11N3OS/c12-7-5-9-6-10-8(7)11-1-3-13-4-2-11/h6H,1-5H2. The summed E-state index contributed by atoms with van der Waals surface area (Å²) in [6.45, 7) is 2.13. The minimum atomic E-state index is 0.0504. The molecule has 0 aromatic carbocycles. The molecule has 2 aliphatic heterocycles. The van der Waals surface area contributed by atoms with Gasteiger partial charge in [-0.15, -0.1) is 0 Å². The van der Waals surface area contributed by atoms with Crippen molar-refractivity contribution in [1.29, 1.82) is 0 Å². The van der Waals surface area contributed by atoms with E-state index in [1.807, 2.05) is 11.8 Å². The Labute approximate surface area is 81.1 Å². The predicted octanol–water partition coefficient (Wildman–Crippen LogP) is 0.0447. The number of nitrogens with zero attached hydrogens (tertiary/aromatic N) is 3.